The van der Waals surface area contributed by atoms with E-state index in [1.807, 2.05) is 72.8 Å². The monoisotopic (exact) mass is 457 g/mol. The summed E-state index contributed by atoms with van der Waals surface area (Å²) in [6, 6.07) is 25.2. The summed E-state index contributed by atoms with van der Waals surface area (Å²) < 4.78 is 0. The highest BCUT2D eigenvalue weighted by Gasteiger charge is 2.21. The number of hydrogen-bond donors (Lipinski definition) is 3. The Balaban J connectivity index is 1.57. The Labute approximate surface area is 198 Å². The number of benzene rings is 3. The Morgan fingerprint density at radius 3 is 1.91 bits per heavy atom. The third kappa shape index (κ3) is 7.41. The van der Waals surface area contributed by atoms with Crippen LogP contribution in [0.25, 0.3) is 11.1 Å². The lowest BCUT2D eigenvalue weighted by atomic mass is 10.0. The molecule has 1 atom stereocenters. The van der Waals surface area contributed by atoms with Gasteiger partial charge in [-0.15, -0.1) is 0 Å². The van der Waals surface area contributed by atoms with Gasteiger partial charge in [-0.2, -0.15) is 0 Å². The van der Waals surface area contributed by atoms with Crippen LogP contribution in [0.1, 0.15) is 22.8 Å². The van der Waals surface area contributed by atoms with E-state index in [4.69, 9.17) is 0 Å². The lowest BCUT2D eigenvalue weighted by Crippen LogP contribution is -2.51. The van der Waals surface area contributed by atoms with E-state index in [9.17, 15) is 19.2 Å². The largest absolute Gasteiger partial charge is 0.347 e. The molecule has 0 fully saturated rings. The zero-order valence-corrected chi connectivity index (χ0v) is 18.9. The molecule has 0 saturated heterocycles. The van der Waals surface area contributed by atoms with E-state index in [1.54, 1.807) is 12.1 Å². The van der Waals surface area contributed by atoms with Gasteiger partial charge < -0.3 is 16.0 Å². The molecule has 3 N–H and O–H groups in total. The van der Waals surface area contributed by atoms with Crippen LogP contribution in [0.2, 0.25) is 0 Å². The summed E-state index contributed by atoms with van der Waals surface area (Å²) in [6.07, 6.45) is 0.255. The molecule has 174 valence electrons. The summed E-state index contributed by atoms with van der Waals surface area (Å²) >= 11 is 0. The number of carbonyl (C=O) groups is 4. The van der Waals surface area contributed by atoms with Crippen molar-refractivity contribution in [2.75, 3.05) is 13.1 Å². The molecule has 0 saturated carbocycles. The lowest BCUT2D eigenvalue weighted by molar-refractivity contribution is -0.129. The van der Waals surface area contributed by atoms with E-state index in [-0.39, 0.29) is 25.3 Å². The second-order valence-electron chi connectivity index (χ2n) is 7.86. The highest BCUT2D eigenvalue weighted by Crippen LogP contribution is 2.19. The number of hydrogen-bond acceptors (Lipinski definition) is 4. The summed E-state index contributed by atoms with van der Waals surface area (Å²) in [5.41, 5.74) is 3.30. The number of ketones is 1. The molecule has 0 aliphatic carbocycles. The van der Waals surface area contributed by atoms with Crippen LogP contribution in [0.5, 0.6) is 0 Å². The molecule has 0 spiro atoms. The van der Waals surface area contributed by atoms with Crippen molar-refractivity contribution in [1.29, 1.82) is 0 Å². The van der Waals surface area contributed by atoms with Gasteiger partial charge in [0.2, 0.25) is 11.8 Å². The molecule has 0 aliphatic rings. The van der Waals surface area contributed by atoms with Crippen LogP contribution in [0.4, 0.5) is 0 Å². The molecule has 3 aromatic rings. The van der Waals surface area contributed by atoms with Gasteiger partial charge in [-0.25, -0.2) is 0 Å². The summed E-state index contributed by atoms with van der Waals surface area (Å²) in [4.78, 5) is 48.7. The molecule has 0 heterocycles. The van der Waals surface area contributed by atoms with Crippen molar-refractivity contribution in [2.45, 2.75) is 19.4 Å². The third-order valence-electron chi connectivity index (χ3n) is 5.11. The van der Waals surface area contributed by atoms with Gasteiger partial charge in [0.05, 0.1) is 13.1 Å². The predicted molar refractivity (Wildman–Crippen MR) is 130 cm³/mol. The standard InChI is InChI=1S/C27H27N3O4/c1-19(31)17-28-27(34)24(16-20-8-4-2-5-9-20)30-25(32)18-29-26(33)23-14-12-22(13-15-23)21-10-6-3-7-11-21/h2-15,24H,16-18H2,1H3,(H,28,34)(H,29,33)(H,30,32). The fourth-order valence-corrected chi connectivity index (χ4v) is 3.35. The molecule has 7 nitrogen and oxygen atoms in total. The number of amides is 3. The van der Waals surface area contributed by atoms with Gasteiger partial charge in [-0.3, -0.25) is 19.2 Å². The molecule has 7 heteroatoms. The van der Waals surface area contributed by atoms with Gasteiger partial charge in [0.1, 0.15) is 11.8 Å². The zero-order chi connectivity index (χ0) is 24.3. The Morgan fingerprint density at radius 1 is 0.706 bits per heavy atom. The Morgan fingerprint density at radius 2 is 1.29 bits per heavy atom. The molecule has 3 aromatic carbocycles. The van der Waals surface area contributed by atoms with Crippen LogP contribution in [0, 0.1) is 0 Å². The summed E-state index contributed by atoms with van der Waals surface area (Å²) in [5, 5.41) is 7.76. The minimum atomic E-state index is -0.878. The van der Waals surface area contributed by atoms with Gasteiger partial charge in [-0.05, 0) is 35.7 Å². The van der Waals surface area contributed by atoms with Crippen LogP contribution in [-0.4, -0.2) is 42.6 Å². The molecule has 0 radical (unpaired) electrons. The predicted octanol–water partition coefficient (Wildman–Crippen LogP) is 2.52. The molecule has 1 unspecified atom stereocenters. The fourth-order valence-electron chi connectivity index (χ4n) is 3.35. The molecule has 0 bridgehead atoms. The van der Waals surface area contributed by atoms with E-state index in [1.165, 1.54) is 6.92 Å². The smallest absolute Gasteiger partial charge is 0.251 e. The third-order valence-corrected chi connectivity index (χ3v) is 5.11. The maximum Gasteiger partial charge on any atom is 0.251 e. The Bertz CT molecular complexity index is 1130. The first-order chi connectivity index (χ1) is 16.4. The van der Waals surface area contributed by atoms with Crippen LogP contribution in [-0.2, 0) is 20.8 Å². The van der Waals surface area contributed by atoms with Gasteiger partial charge in [-0.1, -0.05) is 72.8 Å². The summed E-state index contributed by atoms with van der Waals surface area (Å²) in [6.45, 7) is 0.966. The van der Waals surface area contributed by atoms with Crippen molar-refractivity contribution in [3.05, 3.63) is 96.1 Å². The second-order valence-corrected chi connectivity index (χ2v) is 7.86. The lowest BCUT2D eigenvalue weighted by Gasteiger charge is -2.18. The maximum absolute atomic E-state index is 12.5. The van der Waals surface area contributed by atoms with E-state index < -0.39 is 23.8 Å². The molecular formula is C27H27N3O4. The number of rotatable bonds is 10. The highest BCUT2D eigenvalue weighted by atomic mass is 16.2. The van der Waals surface area contributed by atoms with Crippen LogP contribution < -0.4 is 16.0 Å². The Hall–Kier alpha value is -4.26. The average Bonchev–Trinajstić information content (AvgIpc) is 2.86. The molecule has 3 rings (SSSR count). The van der Waals surface area contributed by atoms with E-state index >= 15 is 0 Å². The number of nitrogens with one attached hydrogen (secondary N) is 3. The fraction of sp³-hybridized carbons (Fsp3) is 0.185. The van der Waals surface area contributed by atoms with E-state index in [0.29, 0.717) is 5.56 Å². The minimum absolute atomic E-state index is 0.115. The number of Topliss-reactive ketones (excluding diaryl/α,β-unsaturated/α-hetero) is 1. The van der Waals surface area contributed by atoms with Gasteiger partial charge in [0.15, 0.2) is 0 Å². The van der Waals surface area contributed by atoms with Crippen molar-refractivity contribution in [1.82, 2.24) is 16.0 Å². The first-order valence-corrected chi connectivity index (χ1v) is 11.0. The zero-order valence-electron chi connectivity index (χ0n) is 18.9. The van der Waals surface area contributed by atoms with Crippen molar-refractivity contribution < 1.29 is 19.2 Å². The normalized spacial score (nSPS) is 11.2. The molecule has 3 amide bonds. The van der Waals surface area contributed by atoms with Crippen LogP contribution in [0.15, 0.2) is 84.9 Å². The minimum Gasteiger partial charge on any atom is -0.347 e. The van der Waals surface area contributed by atoms with Gasteiger partial charge in [0.25, 0.3) is 5.91 Å². The van der Waals surface area contributed by atoms with E-state index in [0.717, 1.165) is 16.7 Å². The van der Waals surface area contributed by atoms with Crippen LogP contribution >= 0.6 is 0 Å². The summed E-state index contributed by atoms with van der Waals surface area (Å²) in [5.74, 6) is -1.55. The quantitative estimate of drug-likeness (QED) is 0.435. The van der Waals surface area contributed by atoms with Crippen molar-refractivity contribution in [2.24, 2.45) is 0 Å². The highest BCUT2D eigenvalue weighted by molar-refractivity contribution is 5.97. The Kier molecular flexibility index (Phi) is 8.68. The molecule has 0 aliphatic heterocycles. The number of carbonyl (C=O) groups excluding carboxylic acids is 4. The van der Waals surface area contributed by atoms with Gasteiger partial charge in [0, 0.05) is 12.0 Å². The second kappa shape index (κ2) is 12.1. The van der Waals surface area contributed by atoms with Crippen LogP contribution in [0.3, 0.4) is 0 Å². The first kappa shape index (κ1) is 24.4. The maximum atomic E-state index is 12.5. The van der Waals surface area contributed by atoms with Crippen molar-refractivity contribution in [3.63, 3.8) is 0 Å². The first-order valence-electron chi connectivity index (χ1n) is 11.0. The SMILES string of the molecule is CC(=O)CNC(=O)C(Cc1ccccc1)NC(=O)CNC(=O)c1ccc(-c2ccccc2)cc1. The van der Waals surface area contributed by atoms with Crippen molar-refractivity contribution >= 4 is 23.5 Å². The topological polar surface area (TPSA) is 104 Å². The summed E-state index contributed by atoms with van der Waals surface area (Å²) in [7, 11) is 0. The van der Waals surface area contributed by atoms with Gasteiger partial charge >= 0.3 is 0 Å². The molecular weight excluding hydrogens is 430 g/mol. The van der Waals surface area contributed by atoms with Crippen molar-refractivity contribution in [3.8, 4) is 11.1 Å². The molecule has 34 heavy (non-hydrogen) atoms. The van der Waals surface area contributed by atoms with E-state index in [2.05, 4.69) is 16.0 Å². The average molecular weight is 458 g/mol. The molecule has 0 aromatic heterocycles.